The Bertz CT molecular complexity index is 510. The number of hydrogen-bond acceptors (Lipinski definition) is 3. The molecule has 4 nitrogen and oxygen atoms in total. The highest BCUT2D eigenvalue weighted by atomic mass is 19.1. The quantitative estimate of drug-likeness (QED) is 0.886. The second kappa shape index (κ2) is 4.63. The first-order chi connectivity index (χ1) is 8.08. The molecule has 90 valence electrons. The summed E-state index contributed by atoms with van der Waals surface area (Å²) in [6, 6.07) is 1.49. The molecule has 0 aromatic carbocycles. The minimum atomic E-state index is -0.897. The molecule has 0 aliphatic heterocycles. The van der Waals surface area contributed by atoms with Crippen molar-refractivity contribution in [2.45, 2.75) is 26.0 Å². The Morgan fingerprint density at radius 3 is 2.59 bits per heavy atom. The van der Waals surface area contributed by atoms with Crippen molar-refractivity contribution in [1.82, 2.24) is 14.8 Å². The second-order valence-corrected chi connectivity index (χ2v) is 4.19. The highest BCUT2D eigenvalue weighted by Gasteiger charge is 2.14. The Morgan fingerprint density at radius 2 is 2.00 bits per heavy atom. The Labute approximate surface area is 98.7 Å². The first-order valence-electron chi connectivity index (χ1n) is 5.40. The van der Waals surface area contributed by atoms with E-state index in [1.807, 2.05) is 13.8 Å². The van der Waals surface area contributed by atoms with Gasteiger partial charge in [-0.25, -0.2) is 4.39 Å². The van der Waals surface area contributed by atoms with E-state index in [-0.39, 0.29) is 6.04 Å². The first kappa shape index (κ1) is 11.7. The molecule has 1 atom stereocenters. The average Bonchev–Trinajstić information content (AvgIpc) is 2.77. The summed E-state index contributed by atoms with van der Waals surface area (Å²) in [6.45, 7) is 3.99. The van der Waals surface area contributed by atoms with Crippen LogP contribution < -0.4 is 0 Å². The molecular weight excluding hydrogens is 221 g/mol. The van der Waals surface area contributed by atoms with Gasteiger partial charge in [0.15, 0.2) is 0 Å². The van der Waals surface area contributed by atoms with E-state index in [0.29, 0.717) is 11.1 Å². The Morgan fingerprint density at radius 1 is 1.24 bits per heavy atom. The van der Waals surface area contributed by atoms with Crippen LogP contribution in [0, 0.1) is 5.82 Å². The van der Waals surface area contributed by atoms with Crippen molar-refractivity contribution in [3.05, 3.63) is 47.8 Å². The van der Waals surface area contributed by atoms with Gasteiger partial charge in [-0.15, -0.1) is 0 Å². The molecule has 0 aliphatic carbocycles. The molecule has 0 spiro atoms. The van der Waals surface area contributed by atoms with E-state index in [1.165, 1.54) is 12.3 Å². The zero-order chi connectivity index (χ0) is 12.4. The van der Waals surface area contributed by atoms with Gasteiger partial charge in [0.05, 0.1) is 12.4 Å². The van der Waals surface area contributed by atoms with Gasteiger partial charge in [-0.1, -0.05) is 0 Å². The van der Waals surface area contributed by atoms with Gasteiger partial charge in [0, 0.05) is 29.6 Å². The van der Waals surface area contributed by atoms with Crippen molar-refractivity contribution in [1.29, 1.82) is 0 Å². The Hall–Kier alpha value is -1.75. The number of pyridine rings is 1. The van der Waals surface area contributed by atoms with Gasteiger partial charge in [-0.3, -0.25) is 9.67 Å². The molecule has 0 saturated heterocycles. The van der Waals surface area contributed by atoms with Crippen molar-refractivity contribution >= 4 is 0 Å². The summed E-state index contributed by atoms with van der Waals surface area (Å²) in [5.74, 6) is -0.460. The van der Waals surface area contributed by atoms with Gasteiger partial charge in [0.25, 0.3) is 0 Å². The summed E-state index contributed by atoms with van der Waals surface area (Å²) >= 11 is 0. The maximum atomic E-state index is 13.0. The fourth-order valence-corrected chi connectivity index (χ4v) is 1.55. The highest BCUT2D eigenvalue weighted by molar-refractivity contribution is 5.24. The lowest BCUT2D eigenvalue weighted by Crippen LogP contribution is -2.02. The molecule has 0 bridgehead atoms. The molecule has 17 heavy (non-hydrogen) atoms. The third-order valence-electron chi connectivity index (χ3n) is 2.51. The largest absolute Gasteiger partial charge is 0.383 e. The molecule has 2 heterocycles. The second-order valence-electron chi connectivity index (χ2n) is 4.19. The molecule has 1 unspecified atom stereocenters. The van der Waals surface area contributed by atoms with Crippen molar-refractivity contribution in [3.63, 3.8) is 0 Å². The first-order valence-corrected chi connectivity index (χ1v) is 5.40. The van der Waals surface area contributed by atoms with Crippen LogP contribution >= 0.6 is 0 Å². The fourth-order valence-electron chi connectivity index (χ4n) is 1.55. The minimum absolute atomic E-state index is 0.224. The zero-order valence-electron chi connectivity index (χ0n) is 9.71. The van der Waals surface area contributed by atoms with Crippen LogP contribution in [0.4, 0.5) is 4.39 Å². The molecule has 5 heteroatoms. The van der Waals surface area contributed by atoms with Crippen molar-refractivity contribution in [3.8, 4) is 0 Å². The van der Waals surface area contributed by atoms with E-state index in [1.54, 1.807) is 17.1 Å². The SMILES string of the molecule is CC(C)n1cc(C(O)c2cncc(F)c2)cn1. The summed E-state index contributed by atoms with van der Waals surface area (Å²) in [4.78, 5) is 3.71. The van der Waals surface area contributed by atoms with Gasteiger partial charge >= 0.3 is 0 Å². The number of aliphatic hydroxyl groups is 1. The van der Waals surface area contributed by atoms with Crippen LogP contribution in [0.5, 0.6) is 0 Å². The van der Waals surface area contributed by atoms with Crippen LogP contribution in [-0.4, -0.2) is 19.9 Å². The Kier molecular flexibility index (Phi) is 3.19. The molecule has 0 aliphatic rings. The molecular formula is C12H14FN3O. The molecule has 0 amide bonds. The van der Waals surface area contributed by atoms with Crippen LogP contribution in [-0.2, 0) is 0 Å². The third-order valence-corrected chi connectivity index (χ3v) is 2.51. The summed E-state index contributed by atoms with van der Waals surface area (Å²) in [6.07, 6.45) is 4.98. The van der Waals surface area contributed by atoms with Crippen LogP contribution in [0.2, 0.25) is 0 Å². The lowest BCUT2D eigenvalue weighted by molar-refractivity contribution is 0.219. The lowest BCUT2D eigenvalue weighted by atomic mass is 10.1. The van der Waals surface area contributed by atoms with Gasteiger partial charge in [0.2, 0.25) is 0 Å². The highest BCUT2D eigenvalue weighted by Crippen LogP contribution is 2.21. The summed E-state index contributed by atoms with van der Waals surface area (Å²) in [7, 11) is 0. The van der Waals surface area contributed by atoms with Crippen molar-refractivity contribution in [2.75, 3.05) is 0 Å². The standard InChI is InChI=1S/C12H14FN3O/c1-8(2)16-7-10(5-15-16)12(17)9-3-11(13)6-14-4-9/h3-8,12,17H,1-2H3. The van der Waals surface area contributed by atoms with Crippen molar-refractivity contribution < 1.29 is 9.50 Å². The number of aliphatic hydroxyl groups excluding tert-OH is 1. The fraction of sp³-hybridized carbons (Fsp3) is 0.333. The molecule has 0 saturated carbocycles. The number of aromatic nitrogens is 3. The van der Waals surface area contributed by atoms with E-state index < -0.39 is 11.9 Å². The number of nitrogens with zero attached hydrogens (tertiary/aromatic N) is 3. The smallest absolute Gasteiger partial charge is 0.141 e. The average molecular weight is 235 g/mol. The van der Waals surface area contributed by atoms with Gasteiger partial charge in [-0.2, -0.15) is 5.10 Å². The molecule has 2 aromatic heterocycles. The minimum Gasteiger partial charge on any atom is -0.383 e. The topological polar surface area (TPSA) is 50.9 Å². The summed E-state index contributed by atoms with van der Waals surface area (Å²) in [5, 5.41) is 14.2. The Balaban J connectivity index is 2.27. The van der Waals surface area contributed by atoms with Crippen LogP contribution in [0.25, 0.3) is 0 Å². The van der Waals surface area contributed by atoms with Gasteiger partial charge < -0.3 is 5.11 Å². The van der Waals surface area contributed by atoms with Crippen LogP contribution in [0.15, 0.2) is 30.9 Å². The molecule has 0 radical (unpaired) electrons. The molecule has 1 N–H and O–H groups in total. The van der Waals surface area contributed by atoms with E-state index in [9.17, 15) is 9.50 Å². The number of halogens is 1. The van der Waals surface area contributed by atoms with E-state index in [0.717, 1.165) is 6.20 Å². The van der Waals surface area contributed by atoms with Gasteiger partial charge in [0.1, 0.15) is 11.9 Å². The van der Waals surface area contributed by atoms with Crippen molar-refractivity contribution in [2.24, 2.45) is 0 Å². The van der Waals surface area contributed by atoms with E-state index in [4.69, 9.17) is 0 Å². The maximum Gasteiger partial charge on any atom is 0.141 e. The number of hydrogen-bond donors (Lipinski definition) is 1. The number of rotatable bonds is 3. The maximum absolute atomic E-state index is 13.0. The summed E-state index contributed by atoms with van der Waals surface area (Å²) in [5.41, 5.74) is 1.06. The predicted octanol–water partition coefficient (Wildman–Crippen LogP) is 2.08. The third kappa shape index (κ3) is 2.50. The van der Waals surface area contributed by atoms with E-state index in [2.05, 4.69) is 10.1 Å². The molecule has 2 rings (SSSR count). The zero-order valence-corrected chi connectivity index (χ0v) is 9.71. The molecule has 2 aromatic rings. The summed E-state index contributed by atoms with van der Waals surface area (Å²) < 4.78 is 14.7. The normalized spacial score (nSPS) is 13.0. The monoisotopic (exact) mass is 235 g/mol. The van der Waals surface area contributed by atoms with Crippen LogP contribution in [0.1, 0.15) is 37.1 Å². The predicted molar refractivity (Wildman–Crippen MR) is 60.9 cm³/mol. The van der Waals surface area contributed by atoms with Gasteiger partial charge in [-0.05, 0) is 19.9 Å². The van der Waals surface area contributed by atoms with Crippen LogP contribution in [0.3, 0.4) is 0 Å². The van der Waals surface area contributed by atoms with E-state index >= 15 is 0 Å². The lowest BCUT2D eigenvalue weighted by Gasteiger charge is -2.08. The molecule has 0 fully saturated rings.